The Kier molecular flexibility index (Phi) is 5.01. The smallest absolute Gasteiger partial charge is 0.247 e. The number of primary amides is 1. The largest absolute Gasteiger partial charge is 0.382 e. The fourth-order valence-corrected chi connectivity index (χ4v) is 1.96. The molecule has 5 heteroatoms. The zero-order chi connectivity index (χ0) is 11.3. The molecule has 2 atom stereocenters. The van der Waals surface area contributed by atoms with Gasteiger partial charge in [0.25, 0.3) is 0 Å². The number of piperidine rings is 1. The molecule has 0 bridgehead atoms. The van der Waals surface area contributed by atoms with Crippen molar-refractivity contribution in [1.29, 1.82) is 0 Å². The van der Waals surface area contributed by atoms with E-state index in [1.54, 1.807) is 0 Å². The van der Waals surface area contributed by atoms with E-state index < -0.39 is 12.0 Å². The number of carbonyl (C=O) groups excluding carboxylic acids is 1. The van der Waals surface area contributed by atoms with Gasteiger partial charge in [0.15, 0.2) is 0 Å². The molecule has 4 N–H and O–H groups in total. The fraction of sp³-hybridized carbons (Fsp3) is 0.900. The third-order valence-electron chi connectivity index (χ3n) is 2.82. The lowest BCUT2D eigenvalue weighted by molar-refractivity contribution is -0.125. The van der Waals surface area contributed by atoms with E-state index in [-0.39, 0.29) is 6.54 Å². The van der Waals surface area contributed by atoms with Crippen LogP contribution in [0.15, 0.2) is 0 Å². The Bertz CT molecular complexity index is 211. The topological polar surface area (TPSA) is 78.6 Å². The third-order valence-corrected chi connectivity index (χ3v) is 2.82. The van der Waals surface area contributed by atoms with Gasteiger partial charge in [0.1, 0.15) is 6.10 Å². The molecule has 0 aromatic carbocycles. The van der Waals surface area contributed by atoms with E-state index in [1.807, 2.05) is 0 Å². The Morgan fingerprint density at radius 2 is 2.47 bits per heavy atom. The van der Waals surface area contributed by atoms with Crippen LogP contribution in [0.5, 0.6) is 0 Å². The van der Waals surface area contributed by atoms with Crippen LogP contribution in [-0.4, -0.2) is 55.2 Å². The number of likely N-dealkylation sites (tertiary alicyclic amines) is 1. The van der Waals surface area contributed by atoms with Crippen molar-refractivity contribution in [2.75, 3.05) is 33.2 Å². The normalized spacial score (nSPS) is 25.1. The molecule has 0 spiro atoms. The van der Waals surface area contributed by atoms with Crippen molar-refractivity contribution in [2.45, 2.75) is 18.9 Å². The lowest BCUT2D eigenvalue weighted by Crippen LogP contribution is -2.42. The highest BCUT2D eigenvalue weighted by Crippen LogP contribution is 2.13. The number of hydrogen-bond acceptors (Lipinski definition) is 4. The van der Waals surface area contributed by atoms with E-state index in [0.717, 1.165) is 13.1 Å². The first-order valence-corrected chi connectivity index (χ1v) is 5.46. The van der Waals surface area contributed by atoms with Crippen molar-refractivity contribution in [2.24, 2.45) is 11.7 Å². The van der Waals surface area contributed by atoms with Crippen molar-refractivity contribution >= 4 is 5.91 Å². The Morgan fingerprint density at radius 3 is 3.07 bits per heavy atom. The summed E-state index contributed by atoms with van der Waals surface area (Å²) < 4.78 is 0. The second-order valence-corrected chi connectivity index (χ2v) is 4.35. The first-order valence-electron chi connectivity index (χ1n) is 5.46. The zero-order valence-corrected chi connectivity index (χ0v) is 9.28. The number of carbonyl (C=O) groups is 1. The molecule has 0 radical (unpaired) electrons. The van der Waals surface area contributed by atoms with Gasteiger partial charge in [-0.1, -0.05) is 0 Å². The molecule has 1 aliphatic rings. The van der Waals surface area contributed by atoms with Crippen LogP contribution in [0, 0.1) is 5.92 Å². The molecule has 1 aliphatic heterocycles. The van der Waals surface area contributed by atoms with Gasteiger partial charge >= 0.3 is 0 Å². The summed E-state index contributed by atoms with van der Waals surface area (Å²) in [5.41, 5.74) is 4.94. The molecular weight excluding hydrogens is 194 g/mol. The SMILES string of the molecule is CN1CCCC(CNCC(O)C(N)=O)C1. The summed E-state index contributed by atoms with van der Waals surface area (Å²) in [6, 6.07) is 0. The number of rotatable bonds is 5. The molecule has 15 heavy (non-hydrogen) atoms. The molecule has 1 amide bonds. The molecule has 0 aromatic rings. The quantitative estimate of drug-likeness (QED) is 0.536. The van der Waals surface area contributed by atoms with Crippen LogP contribution >= 0.6 is 0 Å². The summed E-state index contributed by atoms with van der Waals surface area (Å²) in [6.07, 6.45) is 1.37. The second-order valence-electron chi connectivity index (χ2n) is 4.35. The minimum atomic E-state index is -1.06. The minimum Gasteiger partial charge on any atom is -0.382 e. The average Bonchev–Trinajstić information content (AvgIpc) is 2.17. The maximum atomic E-state index is 10.6. The summed E-state index contributed by atoms with van der Waals surface area (Å²) in [7, 11) is 2.12. The average molecular weight is 215 g/mol. The predicted octanol–water partition coefficient (Wildman–Crippen LogP) is -1.24. The Balaban J connectivity index is 2.11. The Labute approximate surface area is 90.6 Å². The van der Waals surface area contributed by atoms with Crippen LogP contribution in [-0.2, 0) is 4.79 Å². The number of hydrogen-bond donors (Lipinski definition) is 3. The summed E-state index contributed by atoms with van der Waals surface area (Å²) in [4.78, 5) is 12.9. The molecule has 0 aromatic heterocycles. The van der Waals surface area contributed by atoms with Crippen LogP contribution in [0.2, 0.25) is 0 Å². The maximum absolute atomic E-state index is 10.6. The number of aliphatic hydroxyl groups excluding tert-OH is 1. The van der Waals surface area contributed by atoms with Crippen molar-refractivity contribution < 1.29 is 9.90 Å². The third kappa shape index (κ3) is 4.59. The molecule has 2 unspecified atom stereocenters. The molecule has 88 valence electrons. The van der Waals surface area contributed by atoms with Gasteiger partial charge in [0.2, 0.25) is 5.91 Å². The van der Waals surface area contributed by atoms with E-state index in [1.165, 1.54) is 19.4 Å². The van der Waals surface area contributed by atoms with Crippen molar-refractivity contribution in [3.63, 3.8) is 0 Å². The van der Waals surface area contributed by atoms with E-state index in [4.69, 9.17) is 10.8 Å². The summed E-state index contributed by atoms with van der Waals surface area (Å²) in [6.45, 7) is 3.35. The molecular formula is C10H21N3O2. The van der Waals surface area contributed by atoms with Crippen LogP contribution in [0.1, 0.15) is 12.8 Å². The molecule has 1 rings (SSSR count). The molecule has 1 saturated heterocycles. The fourth-order valence-electron chi connectivity index (χ4n) is 1.96. The van der Waals surface area contributed by atoms with Gasteiger partial charge in [-0.05, 0) is 38.9 Å². The van der Waals surface area contributed by atoms with E-state index in [9.17, 15) is 4.79 Å². The first kappa shape index (κ1) is 12.4. The first-order chi connectivity index (χ1) is 7.09. The van der Waals surface area contributed by atoms with Crippen LogP contribution in [0.3, 0.4) is 0 Å². The summed E-state index contributed by atoms with van der Waals surface area (Å²) in [5, 5.41) is 12.2. The van der Waals surface area contributed by atoms with E-state index in [0.29, 0.717) is 5.92 Å². The van der Waals surface area contributed by atoms with Crippen molar-refractivity contribution in [3.05, 3.63) is 0 Å². The number of aliphatic hydroxyl groups is 1. The number of amides is 1. The summed E-state index contributed by atoms with van der Waals surface area (Å²) >= 11 is 0. The standard InChI is InChI=1S/C10H21N3O2/c1-13-4-2-3-8(7-13)5-12-6-9(14)10(11)15/h8-9,12,14H,2-7H2,1H3,(H2,11,15). The van der Waals surface area contributed by atoms with Gasteiger partial charge < -0.3 is 21.1 Å². The molecule has 0 aliphatic carbocycles. The van der Waals surface area contributed by atoms with Crippen LogP contribution in [0.25, 0.3) is 0 Å². The van der Waals surface area contributed by atoms with Gasteiger partial charge in [-0.3, -0.25) is 4.79 Å². The molecule has 0 saturated carbocycles. The second kappa shape index (κ2) is 6.05. The summed E-state index contributed by atoms with van der Waals surface area (Å²) in [5.74, 6) is -0.0490. The van der Waals surface area contributed by atoms with E-state index >= 15 is 0 Å². The van der Waals surface area contributed by atoms with Gasteiger partial charge in [-0.15, -0.1) is 0 Å². The number of nitrogens with zero attached hydrogens (tertiary/aromatic N) is 1. The van der Waals surface area contributed by atoms with Gasteiger partial charge in [-0.25, -0.2) is 0 Å². The Morgan fingerprint density at radius 1 is 1.73 bits per heavy atom. The highest BCUT2D eigenvalue weighted by atomic mass is 16.3. The highest BCUT2D eigenvalue weighted by Gasteiger charge is 2.17. The number of nitrogens with one attached hydrogen (secondary N) is 1. The minimum absolute atomic E-state index is 0.259. The monoisotopic (exact) mass is 215 g/mol. The van der Waals surface area contributed by atoms with Gasteiger partial charge in [0, 0.05) is 13.1 Å². The lowest BCUT2D eigenvalue weighted by Gasteiger charge is -2.29. The molecule has 1 heterocycles. The van der Waals surface area contributed by atoms with Crippen molar-refractivity contribution in [1.82, 2.24) is 10.2 Å². The van der Waals surface area contributed by atoms with Gasteiger partial charge in [0.05, 0.1) is 0 Å². The number of nitrogens with two attached hydrogens (primary N) is 1. The Hall–Kier alpha value is -0.650. The van der Waals surface area contributed by atoms with Crippen LogP contribution < -0.4 is 11.1 Å². The van der Waals surface area contributed by atoms with E-state index in [2.05, 4.69) is 17.3 Å². The maximum Gasteiger partial charge on any atom is 0.247 e. The van der Waals surface area contributed by atoms with Gasteiger partial charge in [-0.2, -0.15) is 0 Å². The van der Waals surface area contributed by atoms with Crippen LogP contribution in [0.4, 0.5) is 0 Å². The predicted molar refractivity (Wildman–Crippen MR) is 58.3 cm³/mol. The lowest BCUT2D eigenvalue weighted by atomic mass is 9.98. The molecule has 5 nitrogen and oxygen atoms in total. The zero-order valence-electron chi connectivity index (χ0n) is 9.28. The van der Waals surface area contributed by atoms with Crippen molar-refractivity contribution in [3.8, 4) is 0 Å². The highest BCUT2D eigenvalue weighted by molar-refractivity contribution is 5.78. The molecule has 1 fully saturated rings.